The second-order valence-corrected chi connectivity index (χ2v) is 4.84. The van der Waals surface area contributed by atoms with Gasteiger partial charge in [0.15, 0.2) is 0 Å². The molecular formula is C13H17N3O4. The highest BCUT2D eigenvalue weighted by atomic mass is 16.4. The molecule has 2 N–H and O–H groups in total. The summed E-state index contributed by atoms with van der Waals surface area (Å²) in [5.74, 6) is -1.12. The van der Waals surface area contributed by atoms with Gasteiger partial charge < -0.3 is 15.1 Å². The molecule has 7 heteroatoms. The maximum atomic E-state index is 11.8. The molecular weight excluding hydrogens is 262 g/mol. The number of hydrogen-bond donors (Lipinski definition) is 2. The van der Waals surface area contributed by atoms with Crippen LogP contribution in [0.3, 0.4) is 0 Å². The number of aliphatic carboxylic acids is 1. The molecule has 1 aliphatic heterocycles. The van der Waals surface area contributed by atoms with E-state index in [1.165, 1.54) is 4.90 Å². The van der Waals surface area contributed by atoms with E-state index in [1.807, 2.05) is 11.8 Å². The summed E-state index contributed by atoms with van der Waals surface area (Å²) in [4.78, 5) is 29.9. The van der Waals surface area contributed by atoms with Gasteiger partial charge in [0, 0.05) is 25.3 Å². The molecule has 20 heavy (non-hydrogen) atoms. The van der Waals surface area contributed by atoms with E-state index in [1.54, 1.807) is 12.1 Å². The lowest BCUT2D eigenvalue weighted by Gasteiger charge is -2.33. The molecule has 0 saturated carbocycles. The molecule has 0 spiro atoms. The second-order valence-electron chi connectivity index (χ2n) is 4.84. The Hall–Kier alpha value is -2.15. The molecule has 1 amide bonds. The number of carbonyl (C=O) groups is 2. The summed E-state index contributed by atoms with van der Waals surface area (Å²) in [6.07, 6.45) is 0. The van der Waals surface area contributed by atoms with Crippen LogP contribution in [0, 0.1) is 6.92 Å². The van der Waals surface area contributed by atoms with Crippen molar-refractivity contribution in [3.05, 3.63) is 23.5 Å². The molecule has 1 fully saturated rings. The molecule has 2 rings (SSSR count). The molecule has 108 valence electrons. The van der Waals surface area contributed by atoms with Crippen LogP contribution in [0.5, 0.6) is 5.75 Å². The molecule has 0 bridgehead atoms. The third kappa shape index (κ3) is 3.45. The van der Waals surface area contributed by atoms with Gasteiger partial charge in [-0.2, -0.15) is 0 Å². The fourth-order valence-electron chi connectivity index (χ4n) is 2.15. The van der Waals surface area contributed by atoms with E-state index in [-0.39, 0.29) is 24.7 Å². The zero-order valence-corrected chi connectivity index (χ0v) is 11.2. The Kier molecular flexibility index (Phi) is 4.19. The SMILES string of the molecule is Cc1ccc(O)c(CN2CCN(CC(=O)O)C(=O)C2)n1. The normalized spacial score (nSPS) is 16.4. The summed E-state index contributed by atoms with van der Waals surface area (Å²) in [7, 11) is 0. The summed E-state index contributed by atoms with van der Waals surface area (Å²) in [6, 6.07) is 3.30. The van der Waals surface area contributed by atoms with Crippen LogP contribution in [-0.2, 0) is 16.1 Å². The Labute approximate surface area is 116 Å². The van der Waals surface area contributed by atoms with Crippen molar-refractivity contribution >= 4 is 11.9 Å². The maximum absolute atomic E-state index is 11.8. The molecule has 0 radical (unpaired) electrons. The predicted octanol–water partition coefficient (Wildman–Crippen LogP) is -0.176. The third-order valence-corrected chi connectivity index (χ3v) is 3.19. The first kappa shape index (κ1) is 14.3. The van der Waals surface area contributed by atoms with Gasteiger partial charge in [0.25, 0.3) is 0 Å². The maximum Gasteiger partial charge on any atom is 0.323 e. The van der Waals surface area contributed by atoms with Gasteiger partial charge >= 0.3 is 5.97 Å². The van der Waals surface area contributed by atoms with Gasteiger partial charge in [-0.1, -0.05) is 0 Å². The van der Waals surface area contributed by atoms with E-state index in [9.17, 15) is 14.7 Å². The minimum Gasteiger partial charge on any atom is -0.506 e. The number of rotatable bonds is 4. The predicted molar refractivity (Wildman–Crippen MR) is 70.1 cm³/mol. The van der Waals surface area contributed by atoms with Gasteiger partial charge in [-0.15, -0.1) is 0 Å². The summed E-state index contributed by atoms with van der Waals surface area (Å²) in [5.41, 5.74) is 1.33. The van der Waals surface area contributed by atoms with Crippen molar-refractivity contribution in [1.29, 1.82) is 0 Å². The number of aryl methyl sites for hydroxylation is 1. The highest BCUT2D eigenvalue weighted by Gasteiger charge is 2.26. The highest BCUT2D eigenvalue weighted by Crippen LogP contribution is 2.17. The number of carboxylic acid groups (broad SMARTS) is 1. The first-order valence-corrected chi connectivity index (χ1v) is 6.33. The molecule has 0 aliphatic carbocycles. The minimum atomic E-state index is -1.01. The van der Waals surface area contributed by atoms with Crippen LogP contribution in [0.1, 0.15) is 11.4 Å². The number of aromatic nitrogens is 1. The summed E-state index contributed by atoms with van der Waals surface area (Å²) in [5, 5.41) is 18.4. The van der Waals surface area contributed by atoms with E-state index in [0.29, 0.717) is 25.3 Å². The zero-order valence-electron chi connectivity index (χ0n) is 11.2. The number of pyridine rings is 1. The van der Waals surface area contributed by atoms with Crippen LogP contribution in [0.4, 0.5) is 0 Å². The molecule has 2 heterocycles. The first-order valence-electron chi connectivity index (χ1n) is 6.33. The molecule has 1 aromatic rings. The Balaban J connectivity index is 1.98. The van der Waals surface area contributed by atoms with Crippen molar-refractivity contribution in [3.8, 4) is 5.75 Å². The van der Waals surface area contributed by atoms with E-state index in [0.717, 1.165) is 5.69 Å². The van der Waals surface area contributed by atoms with Crippen LogP contribution >= 0.6 is 0 Å². The smallest absolute Gasteiger partial charge is 0.323 e. The molecule has 1 saturated heterocycles. The summed E-state index contributed by atoms with van der Waals surface area (Å²) >= 11 is 0. The number of carboxylic acids is 1. The van der Waals surface area contributed by atoms with Crippen molar-refractivity contribution < 1.29 is 19.8 Å². The first-order chi connectivity index (χ1) is 9.45. The Morgan fingerprint density at radius 2 is 2.15 bits per heavy atom. The lowest BCUT2D eigenvalue weighted by Crippen LogP contribution is -2.51. The average Bonchev–Trinajstić information content (AvgIpc) is 2.37. The van der Waals surface area contributed by atoms with E-state index >= 15 is 0 Å². The summed E-state index contributed by atoms with van der Waals surface area (Å²) < 4.78 is 0. The fraction of sp³-hybridized carbons (Fsp3) is 0.462. The van der Waals surface area contributed by atoms with Crippen molar-refractivity contribution in [1.82, 2.24) is 14.8 Å². The van der Waals surface area contributed by atoms with E-state index < -0.39 is 5.97 Å². The van der Waals surface area contributed by atoms with Gasteiger partial charge in [0.05, 0.1) is 12.2 Å². The monoisotopic (exact) mass is 279 g/mol. The average molecular weight is 279 g/mol. The molecule has 1 aromatic heterocycles. The van der Waals surface area contributed by atoms with Crippen LogP contribution in [0.2, 0.25) is 0 Å². The number of carbonyl (C=O) groups excluding carboxylic acids is 1. The van der Waals surface area contributed by atoms with Gasteiger partial charge in [-0.3, -0.25) is 19.5 Å². The summed E-state index contributed by atoms with van der Waals surface area (Å²) in [6.45, 7) is 3.02. The standard InChI is InChI=1S/C13H17N3O4/c1-9-2-3-11(17)10(14-9)6-15-4-5-16(8-13(19)20)12(18)7-15/h2-3,17H,4-8H2,1H3,(H,19,20). The van der Waals surface area contributed by atoms with Gasteiger partial charge in [-0.25, -0.2) is 0 Å². The number of amides is 1. The Morgan fingerprint density at radius 3 is 2.80 bits per heavy atom. The Bertz CT molecular complexity index is 532. The van der Waals surface area contributed by atoms with Crippen LogP contribution in [-0.4, -0.2) is 63.1 Å². The number of piperazine rings is 1. The largest absolute Gasteiger partial charge is 0.506 e. The minimum absolute atomic E-state index is 0.107. The number of aromatic hydroxyl groups is 1. The highest BCUT2D eigenvalue weighted by molar-refractivity contribution is 5.83. The fourth-order valence-corrected chi connectivity index (χ4v) is 2.15. The van der Waals surface area contributed by atoms with Crippen molar-refractivity contribution in [2.45, 2.75) is 13.5 Å². The molecule has 0 unspecified atom stereocenters. The van der Waals surface area contributed by atoms with Crippen LogP contribution < -0.4 is 0 Å². The lowest BCUT2D eigenvalue weighted by atomic mass is 10.2. The Morgan fingerprint density at radius 1 is 1.40 bits per heavy atom. The van der Waals surface area contributed by atoms with Gasteiger partial charge in [0.2, 0.25) is 5.91 Å². The second kappa shape index (κ2) is 5.87. The quantitative estimate of drug-likeness (QED) is 0.794. The van der Waals surface area contributed by atoms with Crippen LogP contribution in [0.25, 0.3) is 0 Å². The number of hydrogen-bond acceptors (Lipinski definition) is 5. The molecule has 0 atom stereocenters. The topological polar surface area (TPSA) is 94.0 Å². The van der Waals surface area contributed by atoms with E-state index in [2.05, 4.69) is 4.98 Å². The van der Waals surface area contributed by atoms with Crippen molar-refractivity contribution in [2.75, 3.05) is 26.2 Å². The van der Waals surface area contributed by atoms with Crippen molar-refractivity contribution in [2.24, 2.45) is 0 Å². The number of nitrogens with zero attached hydrogens (tertiary/aromatic N) is 3. The van der Waals surface area contributed by atoms with Crippen LogP contribution in [0.15, 0.2) is 12.1 Å². The van der Waals surface area contributed by atoms with Crippen molar-refractivity contribution in [3.63, 3.8) is 0 Å². The molecule has 7 nitrogen and oxygen atoms in total. The lowest BCUT2D eigenvalue weighted by molar-refractivity contribution is -0.147. The van der Waals surface area contributed by atoms with Gasteiger partial charge in [0.1, 0.15) is 12.3 Å². The molecule has 0 aromatic carbocycles. The van der Waals surface area contributed by atoms with Gasteiger partial charge in [-0.05, 0) is 19.1 Å². The third-order valence-electron chi connectivity index (χ3n) is 3.19. The van der Waals surface area contributed by atoms with E-state index in [4.69, 9.17) is 5.11 Å². The zero-order chi connectivity index (χ0) is 14.7. The molecule has 1 aliphatic rings.